The fourth-order valence-electron chi connectivity index (χ4n) is 3.06. The number of aryl methyl sites for hydroxylation is 1. The fraction of sp³-hybridized carbons (Fsp3) is 0.625. The Kier molecular flexibility index (Phi) is 4.70. The van der Waals surface area contributed by atoms with Crippen molar-refractivity contribution >= 4 is 0 Å². The molecule has 1 aromatic carbocycles. The van der Waals surface area contributed by atoms with E-state index in [1.807, 2.05) is 0 Å². The summed E-state index contributed by atoms with van der Waals surface area (Å²) >= 11 is 0. The van der Waals surface area contributed by atoms with Gasteiger partial charge in [-0.1, -0.05) is 0 Å². The van der Waals surface area contributed by atoms with E-state index in [9.17, 15) is 0 Å². The number of hydrogen-bond acceptors (Lipinski definition) is 3. The van der Waals surface area contributed by atoms with E-state index in [4.69, 9.17) is 9.47 Å². The van der Waals surface area contributed by atoms with E-state index in [-0.39, 0.29) is 0 Å². The predicted molar refractivity (Wildman–Crippen MR) is 78.3 cm³/mol. The molecule has 106 valence electrons. The fourth-order valence-corrected chi connectivity index (χ4v) is 3.06. The topological polar surface area (TPSA) is 30.5 Å². The van der Waals surface area contributed by atoms with Crippen molar-refractivity contribution in [2.45, 2.75) is 33.1 Å². The molecule has 1 aliphatic heterocycles. The average Bonchev–Trinajstić information content (AvgIpc) is 2.44. The summed E-state index contributed by atoms with van der Waals surface area (Å²) in [6, 6.07) is 2.10. The number of piperidine rings is 1. The van der Waals surface area contributed by atoms with E-state index >= 15 is 0 Å². The number of methoxy groups -OCH3 is 2. The van der Waals surface area contributed by atoms with Crippen molar-refractivity contribution in [1.82, 2.24) is 5.32 Å². The van der Waals surface area contributed by atoms with Crippen LogP contribution < -0.4 is 14.8 Å². The smallest absolute Gasteiger partial charge is 0.163 e. The summed E-state index contributed by atoms with van der Waals surface area (Å²) in [4.78, 5) is 0. The molecule has 1 saturated heterocycles. The molecule has 3 nitrogen and oxygen atoms in total. The second kappa shape index (κ2) is 6.29. The quantitative estimate of drug-likeness (QED) is 0.906. The minimum absolute atomic E-state index is 0.789. The van der Waals surface area contributed by atoms with Gasteiger partial charge in [-0.25, -0.2) is 0 Å². The SMILES string of the molecule is COc1cc(C)c(CC2CCNCC2)c(C)c1OC. The standard InChI is InChI=1S/C16H25NO2/c1-11-9-15(18-3)16(19-4)12(2)14(11)10-13-5-7-17-8-6-13/h9,13,17H,5-8,10H2,1-4H3. The Labute approximate surface area is 116 Å². The van der Waals surface area contributed by atoms with Gasteiger partial charge in [0.2, 0.25) is 0 Å². The summed E-state index contributed by atoms with van der Waals surface area (Å²) in [7, 11) is 3.41. The number of nitrogens with one attached hydrogen (secondary N) is 1. The van der Waals surface area contributed by atoms with Crippen molar-refractivity contribution in [3.63, 3.8) is 0 Å². The summed E-state index contributed by atoms with van der Waals surface area (Å²) in [6.07, 6.45) is 3.69. The van der Waals surface area contributed by atoms with Crippen molar-refractivity contribution in [1.29, 1.82) is 0 Å². The summed E-state index contributed by atoms with van der Waals surface area (Å²) in [6.45, 7) is 6.61. The number of rotatable bonds is 4. The molecular formula is C16H25NO2. The molecule has 1 aliphatic rings. The maximum absolute atomic E-state index is 5.51. The molecule has 19 heavy (non-hydrogen) atoms. The van der Waals surface area contributed by atoms with Gasteiger partial charge in [-0.05, 0) is 74.9 Å². The molecule has 0 aromatic heterocycles. The third-order valence-electron chi connectivity index (χ3n) is 4.22. The first-order chi connectivity index (χ1) is 9.17. The first kappa shape index (κ1) is 14.2. The predicted octanol–water partition coefficient (Wildman–Crippen LogP) is 2.86. The van der Waals surface area contributed by atoms with Crippen molar-refractivity contribution in [2.75, 3.05) is 27.3 Å². The second-order valence-electron chi connectivity index (χ2n) is 5.43. The highest BCUT2D eigenvalue weighted by Gasteiger charge is 2.19. The minimum atomic E-state index is 0.789. The van der Waals surface area contributed by atoms with E-state index in [2.05, 4.69) is 25.2 Å². The number of benzene rings is 1. The van der Waals surface area contributed by atoms with Gasteiger partial charge in [-0.3, -0.25) is 0 Å². The van der Waals surface area contributed by atoms with Gasteiger partial charge in [0.15, 0.2) is 11.5 Å². The Morgan fingerprint density at radius 1 is 1.16 bits per heavy atom. The zero-order valence-corrected chi connectivity index (χ0v) is 12.5. The Morgan fingerprint density at radius 2 is 1.84 bits per heavy atom. The van der Waals surface area contributed by atoms with E-state index in [1.165, 1.54) is 29.5 Å². The van der Waals surface area contributed by atoms with Gasteiger partial charge in [-0.15, -0.1) is 0 Å². The van der Waals surface area contributed by atoms with Crippen LogP contribution in [0, 0.1) is 19.8 Å². The highest BCUT2D eigenvalue weighted by atomic mass is 16.5. The van der Waals surface area contributed by atoms with E-state index in [0.717, 1.165) is 36.9 Å². The van der Waals surface area contributed by atoms with Crippen LogP contribution in [0.1, 0.15) is 29.5 Å². The third-order valence-corrected chi connectivity index (χ3v) is 4.22. The molecule has 0 saturated carbocycles. The van der Waals surface area contributed by atoms with Gasteiger partial charge in [0, 0.05) is 0 Å². The third kappa shape index (κ3) is 3.03. The molecule has 0 bridgehead atoms. The molecule has 1 heterocycles. The van der Waals surface area contributed by atoms with Gasteiger partial charge >= 0.3 is 0 Å². The molecule has 1 fully saturated rings. The van der Waals surface area contributed by atoms with Gasteiger partial charge in [-0.2, -0.15) is 0 Å². The lowest BCUT2D eigenvalue weighted by molar-refractivity contribution is 0.348. The Balaban J connectivity index is 2.28. The average molecular weight is 263 g/mol. The van der Waals surface area contributed by atoms with Gasteiger partial charge in [0.1, 0.15) is 0 Å². The lowest BCUT2D eigenvalue weighted by Gasteiger charge is -2.25. The summed E-state index contributed by atoms with van der Waals surface area (Å²) in [5.74, 6) is 2.51. The van der Waals surface area contributed by atoms with Crippen LogP contribution in [0.2, 0.25) is 0 Å². The monoisotopic (exact) mass is 263 g/mol. The van der Waals surface area contributed by atoms with E-state index < -0.39 is 0 Å². The van der Waals surface area contributed by atoms with E-state index in [0.29, 0.717) is 0 Å². The minimum Gasteiger partial charge on any atom is -0.493 e. The Hall–Kier alpha value is -1.22. The van der Waals surface area contributed by atoms with Crippen LogP contribution in [0.4, 0.5) is 0 Å². The first-order valence-corrected chi connectivity index (χ1v) is 7.09. The zero-order chi connectivity index (χ0) is 13.8. The first-order valence-electron chi connectivity index (χ1n) is 7.09. The van der Waals surface area contributed by atoms with Crippen molar-refractivity contribution in [3.8, 4) is 11.5 Å². The largest absolute Gasteiger partial charge is 0.493 e. The lowest BCUT2D eigenvalue weighted by atomic mass is 9.87. The molecule has 1 N–H and O–H groups in total. The molecule has 2 rings (SSSR count). The lowest BCUT2D eigenvalue weighted by Crippen LogP contribution is -2.29. The molecule has 0 spiro atoms. The molecule has 0 aliphatic carbocycles. The Bertz CT molecular complexity index is 437. The van der Waals surface area contributed by atoms with Gasteiger partial charge in [0.25, 0.3) is 0 Å². The van der Waals surface area contributed by atoms with Crippen molar-refractivity contribution < 1.29 is 9.47 Å². The van der Waals surface area contributed by atoms with Crippen LogP contribution in [-0.2, 0) is 6.42 Å². The van der Waals surface area contributed by atoms with Crippen molar-refractivity contribution in [2.24, 2.45) is 5.92 Å². The summed E-state index contributed by atoms with van der Waals surface area (Å²) in [5, 5.41) is 3.43. The second-order valence-corrected chi connectivity index (χ2v) is 5.43. The zero-order valence-electron chi connectivity index (χ0n) is 12.5. The van der Waals surface area contributed by atoms with Crippen LogP contribution in [0.3, 0.4) is 0 Å². The normalized spacial score (nSPS) is 16.4. The molecule has 3 heteroatoms. The van der Waals surface area contributed by atoms with Gasteiger partial charge < -0.3 is 14.8 Å². The highest BCUT2D eigenvalue weighted by molar-refractivity contribution is 5.53. The van der Waals surface area contributed by atoms with Crippen LogP contribution in [0.15, 0.2) is 6.07 Å². The van der Waals surface area contributed by atoms with Crippen LogP contribution >= 0.6 is 0 Å². The van der Waals surface area contributed by atoms with Crippen LogP contribution in [-0.4, -0.2) is 27.3 Å². The van der Waals surface area contributed by atoms with Crippen LogP contribution in [0.5, 0.6) is 11.5 Å². The number of hydrogen-bond donors (Lipinski definition) is 1. The molecule has 0 amide bonds. The summed E-state index contributed by atoms with van der Waals surface area (Å²) in [5.41, 5.74) is 3.98. The molecule has 0 radical (unpaired) electrons. The maximum atomic E-state index is 5.51. The number of ether oxygens (including phenoxy) is 2. The Morgan fingerprint density at radius 3 is 2.42 bits per heavy atom. The molecule has 1 aromatic rings. The highest BCUT2D eigenvalue weighted by Crippen LogP contribution is 2.36. The maximum Gasteiger partial charge on any atom is 0.163 e. The molecule has 0 atom stereocenters. The van der Waals surface area contributed by atoms with Crippen LogP contribution in [0.25, 0.3) is 0 Å². The molecule has 0 unspecified atom stereocenters. The summed E-state index contributed by atoms with van der Waals surface area (Å²) < 4.78 is 10.9. The van der Waals surface area contributed by atoms with Crippen molar-refractivity contribution in [3.05, 3.63) is 22.8 Å². The van der Waals surface area contributed by atoms with Gasteiger partial charge in [0.05, 0.1) is 14.2 Å². The van der Waals surface area contributed by atoms with E-state index in [1.54, 1.807) is 14.2 Å². The molecular weight excluding hydrogens is 238 g/mol.